The molecule has 0 spiro atoms. The lowest BCUT2D eigenvalue weighted by atomic mass is 10.2. The maximum Gasteiger partial charge on any atom is 0.222 e. The number of nitrogens with zero attached hydrogens (tertiary/aromatic N) is 2. The number of nitrogens with one attached hydrogen (secondary N) is 1. The first-order chi connectivity index (χ1) is 8.13. The molecule has 1 atom stereocenters. The van der Waals surface area contributed by atoms with Crippen LogP contribution in [0.25, 0.3) is 0 Å². The number of anilines is 1. The Balaban J connectivity index is 1.93. The maximum absolute atomic E-state index is 4.24. The number of hydrogen-bond acceptors (Lipinski definition) is 4. The second kappa shape index (κ2) is 5.77. The van der Waals surface area contributed by atoms with Gasteiger partial charge >= 0.3 is 0 Å². The van der Waals surface area contributed by atoms with Crippen LogP contribution >= 0.6 is 33.9 Å². The van der Waals surface area contributed by atoms with E-state index in [1.54, 1.807) is 0 Å². The SMILES string of the molecule is Cc1ccc(CC(C)Nc2ncc(I)cn2)s1. The molecule has 0 amide bonds. The summed E-state index contributed by atoms with van der Waals surface area (Å²) in [5.41, 5.74) is 0. The van der Waals surface area contributed by atoms with E-state index in [1.165, 1.54) is 9.75 Å². The summed E-state index contributed by atoms with van der Waals surface area (Å²) in [6.45, 7) is 4.28. The van der Waals surface area contributed by atoms with Gasteiger partial charge in [-0.2, -0.15) is 0 Å². The first kappa shape index (κ1) is 12.8. The summed E-state index contributed by atoms with van der Waals surface area (Å²) in [4.78, 5) is 11.2. The quantitative estimate of drug-likeness (QED) is 0.850. The number of aryl methyl sites for hydroxylation is 1. The zero-order chi connectivity index (χ0) is 12.3. The standard InChI is InChI=1S/C12H14IN3S/c1-8(5-11-4-3-9(2)17-11)16-12-14-6-10(13)7-15-12/h3-4,6-8H,5H2,1-2H3,(H,14,15,16). The van der Waals surface area contributed by atoms with Crippen molar-refractivity contribution in [3.63, 3.8) is 0 Å². The van der Waals surface area contributed by atoms with E-state index in [0.29, 0.717) is 12.0 Å². The molecule has 0 saturated heterocycles. The van der Waals surface area contributed by atoms with E-state index in [4.69, 9.17) is 0 Å². The van der Waals surface area contributed by atoms with E-state index in [-0.39, 0.29) is 0 Å². The third-order valence-corrected chi connectivity index (χ3v) is 3.88. The lowest BCUT2D eigenvalue weighted by Crippen LogP contribution is -2.19. The third kappa shape index (κ3) is 3.92. The van der Waals surface area contributed by atoms with Gasteiger partial charge in [0.2, 0.25) is 5.95 Å². The van der Waals surface area contributed by atoms with Gasteiger partial charge in [-0.15, -0.1) is 11.3 Å². The van der Waals surface area contributed by atoms with Crippen molar-refractivity contribution in [1.82, 2.24) is 9.97 Å². The van der Waals surface area contributed by atoms with Crippen LogP contribution in [0.2, 0.25) is 0 Å². The fourth-order valence-electron chi connectivity index (χ4n) is 1.55. The molecule has 0 bridgehead atoms. The number of aromatic nitrogens is 2. The summed E-state index contributed by atoms with van der Waals surface area (Å²) >= 11 is 4.05. The fraction of sp³-hybridized carbons (Fsp3) is 0.333. The first-order valence-electron chi connectivity index (χ1n) is 5.43. The van der Waals surface area contributed by atoms with Crippen LogP contribution in [0, 0.1) is 10.5 Å². The van der Waals surface area contributed by atoms with Gasteiger partial charge in [-0.05, 0) is 48.6 Å². The summed E-state index contributed by atoms with van der Waals surface area (Å²) in [5, 5.41) is 3.31. The largest absolute Gasteiger partial charge is 0.351 e. The minimum Gasteiger partial charge on any atom is -0.351 e. The smallest absolute Gasteiger partial charge is 0.222 e. The molecule has 1 unspecified atom stereocenters. The number of hydrogen-bond donors (Lipinski definition) is 1. The zero-order valence-corrected chi connectivity index (χ0v) is 12.7. The van der Waals surface area contributed by atoms with Gasteiger partial charge in [-0.3, -0.25) is 0 Å². The molecule has 2 aromatic heterocycles. The summed E-state index contributed by atoms with van der Waals surface area (Å²) in [7, 11) is 0. The molecule has 0 aliphatic rings. The number of halogens is 1. The van der Waals surface area contributed by atoms with Crippen LogP contribution in [0.1, 0.15) is 16.7 Å². The number of thiophene rings is 1. The average Bonchev–Trinajstić information content (AvgIpc) is 2.67. The topological polar surface area (TPSA) is 37.8 Å². The molecule has 0 aromatic carbocycles. The molecule has 90 valence electrons. The van der Waals surface area contributed by atoms with Crippen molar-refractivity contribution < 1.29 is 0 Å². The Morgan fingerprint density at radius 2 is 2.06 bits per heavy atom. The van der Waals surface area contributed by atoms with Crippen molar-refractivity contribution in [1.29, 1.82) is 0 Å². The van der Waals surface area contributed by atoms with Gasteiger partial charge in [-0.1, -0.05) is 0 Å². The van der Waals surface area contributed by atoms with Gasteiger partial charge in [0.25, 0.3) is 0 Å². The van der Waals surface area contributed by atoms with Crippen molar-refractivity contribution in [3.05, 3.63) is 37.9 Å². The minimum atomic E-state index is 0.341. The molecule has 5 heteroatoms. The van der Waals surface area contributed by atoms with E-state index in [1.807, 2.05) is 23.7 Å². The minimum absolute atomic E-state index is 0.341. The van der Waals surface area contributed by atoms with Crippen LogP contribution in [0.4, 0.5) is 5.95 Å². The Bertz CT molecular complexity index is 481. The van der Waals surface area contributed by atoms with Crippen molar-refractivity contribution in [2.24, 2.45) is 0 Å². The van der Waals surface area contributed by atoms with Crippen LogP contribution in [-0.2, 0) is 6.42 Å². The molecule has 0 aliphatic carbocycles. The highest BCUT2D eigenvalue weighted by Crippen LogP contribution is 2.17. The van der Waals surface area contributed by atoms with E-state index in [9.17, 15) is 0 Å². The Hall–Kier alpha value is -0.690. The van der Waals surface area contributed by atoms with Gasteiger partial charge < -0.3 is 5.32 Å². The molecular formula is C12H14IN3S. The summed E-state index contributed by atoms with van der Waals surface area (Å²) in [6.07, 6.45) is 4.64. The van der Waals surface area contributed by atoms with Gasteiger partial charge in [0, 0.05) is 38.2 Å². The predicted octanol–water partition coefficient (Wildman–Crippen LogP) is 3.49. The molecule has 2 rings (SSSR count). The van der Waals surface area contributed by atoms with Crippen molar-refractivity contribution >= 4 is 39.9 Å². The normalized spacial score (nSPS) is 12.4. The van der Waals surface area contributed by atoms with E-state index >= 15 is 0 Å². The molecule has 0 saturated carbocycles. The van der Waals surface area contributed by atoms with Gasteiger partial charge in [-0.25, -0.2) is 9.97 Å². The van der Waals surface area contributed by atoms with Crippen LogP contribution < -0.4 is 5.32 Å². The van der Waals surface area contributed by atoms with Gasteiger partial charge in [0.1, 0.15) is 0 Å². The molecule has 17 heavy (non-hydrogen) atoms. The Morgan fingerprint density at radius 3 is 2.65 bits per heavy atom. The Morgan fingerprint density at radius 1 is 1.35 bits per heavy atom. The summed E-state index contributed by atoms with van der Waals surface area (Å²) < 4.78 is 1.05. The van der Waals surface area contributed by atoms with Gasteiger partial charge in [0.15, 0.2) is 0 Å². The monoisotopic (exact) mass is 359 g/mol. The highest BCUT2D eigenvalue weighted by atomic mass is 127. The Labute approximate surface area is 119 Å². The second-order valence-corrected chi connectivity index (χ2v) is 6.60. The molecule has 0 aliphatic heterocycles. The fourth-order valence-corrected chi connectivity index (χ4v) is 2.85. The predicted molar refractivity (Wildman–Crippen MR) is 80.6 cm³/mol. The number of rotatable bonds is 4. The van der Waals surface area contributed by atoms with Crippen LogP contribution in [0.15, 0.2) is 24.5 Å². The highest BCUT2D eigenvalue weighted by molar-refractivity contribution is 14.1. The molecule has 3 nitrogen and oxygen atoms in total. The van der Waals surface area contributed by atoms with Crippen LogP contribution in [-0.4, -0.2) is 16.0 Å². The Kier molecular flexibility index (Phi) is 4.33. The highest BCUT2D eigenvalue weighted by Gasteiger charge is 2.06. The van der Waals surface area contributed by atoms with Crippen LogP contribution in [0.5, 0.6) is 0 Å². The first-order valence-corrected chi connectivity index (χ1v) is 7.32. The molecule has 1 N–H and O–H groups in total. The van der Waals surface area contributed by atoms with E-state index < -0.39 is 0 Å². The molecular weight excluding hydrogens is 345 g/mol. The lowest BCUT2D eigenvalue weighted by Gasteiger charge is -2.12. The van der Waals surface area contributed by atoms with Crippen molar-refractivity contribution in [2.75, 3.05) is 5.32 Å². The van der Waals surface area contributed by atoms with E-state index in [0.717, 1.165) is 9.99 Å². The van der Waals surface area contributed by atoms with Gasteiger partial charge in [0.05, 0.1) is 0 Å². The van der Waals surface area contributed by atoms with E-state index in [2.05, 4.69) is 63.9 Å². The maximum atomic E-state index is 4.24. The molecule has 2 heterocycles. The average molecular weight is 359 g/mol. The molecule has 2 aromatic rings. The molecule has 0 radical (unpaired) electrons. The third-order valence-electron chi connectivity index (χ3n) is 2.30. The lowest BCUT2D eigenvalue weighted by molar-refractivity contribution is 0.786. The van der Waals surface area contributed by atoms with Crippen LogP contribution in [0.3, 0.4) is 0 Å². The summed E-state index contributed by atoms with van der Waals surface area (Å²) in [5.74, 6) is 0.700. The zero-order valence-electron chi connectivity index (χ0n) is 9.77. The second-order valence-electron chi connectivity index (χ2n) is 3.99. The van der Waals surface area contributed by atoms with Crippen molar-refractivity contribution in [3.8, 4) is 0 Å². The van der Waals surface area contributed by atoms with Crippen molar-refractivity contribution in [2.45, 2.75) is 26.3 Å². The molecule has 0 fully saturated rings. The summed E-state index contributed by atoms with van der Waals surface area (Å²) in [6, 6.07) is 4.69.